The first kappa shape index (κ1) is 14.5. The normalized spacial score (nSPS) is 10.1. The molecule has 1 amide bonds. The molecule has 0 aliphatic rings. The van der Waals surface area contributed by atoms with E-state index in [-0.39, 0.29) is 5.91 Å². The number of hydrogen-bond donors (Lipinski definition) is 1. The molecule has 20 heavy (non-hydrogen) atoms. The number of thioether (sulfide) groups is 1. The monoisotopic (exact) mass is 287 g/mol. The Kier molecular flexibility index (Phi) is 5.50. The van der Waals surface area contributed by atoms with E-state index in [2.05, 4.69) is 17.4 Å². The van der Waals surface area contributed by atoms with Gasteiger partial charge in [0.2, 0.25) is 5.91 Å². The van der Waals surface area contributed by atoms with Gasteiger partial charge >= 0.3 is 0 Å². The van der Waals surface area contributed by atoms with Gasteiger partial charge in [-0.25, -0.2) is 0 Å². The van der Waals surface area contributed by atoms with Crippen molar-refractivity contribution in [3.8, 4) is 5.75 Å². The van der Waals surface area contributed by atoms with Gasteiger partial charge in [-0.1, -0.05) is 42.5 Å². The molecule has 0 fully saturated rings. The van der Waals surface area contributed by atoms with Crippen LogP contribution in [0.5, 0.6) is 5.75 Å². The Morgan fingerprint density at radius 2 is 1.80 bits per heavy atom. The van der Waals surface area contributed by atoms with Crippen molar-refractivity contribution in [2.24, 2.45) is 0 Å². The lowest BCUT2D eigenvalue weighted by molar-refractivity contribution is -0.113. The second-order valence-electron chi connectivity index (χ2n) is 4.23. The van der Waals surface area contributed by atoms with E-state index in [1.54, 1.807) is 18.9 Å². The number of carbonyl (C=O) groups is 1. The number of anilines is 1. The van der Waals surface area contributed by atoms with Gasteiger partial charge in [-0.15, -0.1) is 11.8 Å². The van der Waals surface area contributed by atoms with Crippen LogP contribution in [0.2, 0.25) is 0 Å². The molecule has 0 aliphatic carbocycles. The summed E-state index contributed by atoms with van der Waals surface area (Å²) in [7, 11) is 1.59. The number of nitrogens with one attached hydrogen (secondary N) is 1. The van der Waals surface area contributed by atoms with Crippen molar-refractivity contribution in [1.82, 2.24) is 0 Å². The smallest absolute Gasteiger partial charge is 0.234 e. The highest BCUT2D eigenvalue weighted by Gasteiger charge is 2.06. The Balaban J connectivity index is 1.81. The molecule has 4 heteroatoms. The third kappa shape index (κ3) is 4.31. The number of amides is 1. The molecule has 0 saturated heterocycles. The van der Waals surface area contributed by atoms with Crippen LogP contribution in [0.25, 0.3) is 0 Å². The number of hydrogen-bond acceptors (Lipinski definition) is 3. The van der Waals surface area contributed by atoms with Gasteiger partial charge < -0.3 is 10.1 Å². The van der Waals surface area contributed by atoms with Gasteiger partial charge in [-0.3, -0.25) is 4.79 Å². The van der Waals surface area contributed by atoms with Crippen LogP contribution in [-0.4, -0.2) is 18.8 Å². The summed E-state index contributed by atoms with van der Waals surface area (Å²) in [6.07, 6.45) is 0. The first-order valence-electron chi connectivity index (χ1n) is 6.34. The van der Waals surface area contributed by atoms with Gasteiger partial charge in [0.25, 0.3) is 0 Å². The van der Waals surface area contributed by atoms with Crippen molar-refractivity contribution >= 4 is 23.4 Å². The maximum atomic E-state index is 11.9. The summed E-state index contributed by atoms with van der Waals surface area (Å²) in [4.78, 5) is 11.9. The summed E-state index contributed by atoms with van der Waals surface area (Å²) < 4.78 is 5.20. The van der Waals surface area contributed by atoms with Crippen molar-refractivity contribution in [2.75, 3.05) is 18.2 Å². The Hall–Kier alpha value is -1.94. The van der Waals surface area contributed by atoms with E-state index in [1.807, 2.05) is 42.5 Å². The van der Waals surface area contributed by atoms with Gasteiger partial charge in [-0.05, 0) is 17.7 Å². The van der Waals surface area contributed by atoms with E-state index in [1.165, 1.54) is 5.56 Å². The number of methoxy groups -OCH3 is 1. The van der Waals surface area contributed by atoms with Crippen LogP contribution < -0.4 is 10.1 Å². The predicted octanol–water partition coefficient (Wildman–Crippen LogP) is 3.57. The molecule has 0 spiro atoms. The highest BCUT2D eigenvalue weighted by Crippen LogP contribution is 2.23. The number of carbonyl (C=O) groups excluding carboxylic acids is 1. The Morgan fingerprint density at radius 3 is 2.55 bits per heavy atom. The summed E-state index contributed by atoms with van der Waals surface area (Å²) in [6, 6.07) is 17.5. The van der Waals surface area contributed by atoms with E-state index in [0.717, 1.165) is 5.75 Å². The highest BCUT2D eigenvalue weighted by molar-refractivity contribution is 7.99. The predicted molar refractivity (Wildman–Crippen MR) is 84.2 cm³/mol. The fourth-order valence-electron chi connectivity index (χ4n) is 1.77. The molecule has 0 aromatic heterocycles. The second kappa shape index (κ2) is 7.60. The lowest BCUT2D eigenvalue weighted by atomic mass is 10.2. The number of benzene rings is 2. The number of rotatable bonds is 6. The van der Waals surface area contributed by atoms with E-state index < -0.39 is 0 Å². The third-order valence-electron chi connectivity index (χ3n) is 2.73. The lowest BCUT2D eigenvalue weighted by Crippen LogP contribution is -2.14. The second-order valence-corrected chi connectivity index (χ2v) is 5.21. The molecular formula is C16H17NO2S. The van der Waals surface area contributed by atoms with Crippen LogP contribution in [0.15, 0.2) is 54.6 Å². The minimum absolute atomic E-state index is 0.0181. The van der Waals surface area contributed by atoms with Crippen molar-refractivity contribution in [3.63, 3.8) is 0 Å². The van der Waals surface area contributed by atoms with Gasteiger partial charge in [0.05, 0.1) is 18.6 Å². The average molecular weight is 287 g/mol. The van der Waals surface area contributed by atoms with Crippen molar-refractivity contribution < 1.29 is 9.53 Å². The van der Waals surface area contributed by atoms with Crippen LogP contribution in [0.1, 0.15) is 5.56 Å². The van der Waals surface area contributed by atoms with Crippen LogP contribution in [-0.2, 0) is 10.5 Å². The number of para-hydroxylation sites is 2. The van der Waals surface area contributed by atoms with Crippen LogP contribution in [0.3, 0.4) is 0 Å². The van der Waals surface area contributed by atoms with Crippen LogP contribution in [0.4, 0.5) is 5.69 Å². The van der Waals surface area contributed by atoms with Gasteiger partial charge in [0, 0.05) is 5.75 Å². The first-order valence-corrected chi connectivity index (χ1v) is 7.49. The van der Waals surface area contributed by atoms with E-state index in [0.29, 0.717) is 17.2 Å². The molecule has 2 rings (SSSR count). The highest BCUT2D eigenvalue weighted by atomic mass is 32.2. The van der Waals surface area contributed by atoms with E-state index >= 15 is 0 Å². The zero-order valence-electron chi connectivity index (χ0n) is 11.3. The molecule has 1 N–H and O–H groups in total. The van der Waals surface area contributed by atoms with Gasteiger partial charge in [0.15, 0.2) is 0 Å². The molecule has 0 saturated carbocycles. The molecule has 0 bridgehead atoms. The topological polar surface area (TPSA) is 38.3 Å². The van der Waals surface area contributed by atoms with Crippen molar-refractivity contribution in [2.45, 2.75) is 5.75 Å². The maximum absolute atomic E-state index is 11.9. The van der Waals surface area contributed by atoms with E-state index in [9.17, 15) is 4.79 Å². The molecule has 2 aromatic rings. The van der Waals surface area contributed by atoms with Crippen LogP contribution >= 0.6 is 11.8 Å². The lowest BCUT2D eigenvalue weighted by Gasteiger charge is -2.09. The molecule has 3 nitrogen and oxygen atoms in total. The molecule has 2 aromatic carbocycles. The summed E-state index contributed by atoms with van der Waals surface area (Å²) in [6.45, 7) is 0. The number of ether oxygens (including phenoxy) is 1. The SMILES string of the molecule is COc1ccccc1NC(=O)CSCc1ccccc1. The molecule has 0 heterocycles. The molecule has 0 aliphatic heterocycles. The Morgan fingerprint density at radius 1 is 1.10 bits per heavy atom. The average Bonchev–Trinajstić information content (AvgIpc) is 2.49. The molecule has 104 valence electrons. The third-order valence-corrected chi connectivity index (χ3v) is 3.73. The van der Waals surface area contributed by atoms with Crippen molar-refractivity contribution in [3.05, 3.63) is 60.2 Å². The molecule has 0 unspecified atom stereocenters. The fourth-order valence-corrected chi connectivity index (χ4v) is 2.56. The minimum Gasteiger partial charge on any atom is -0.495 e. The van der Waals surface area contributed by atoms with E-state index in [4.69, 9.17) is 4.74 Å². The van der Waals surface area contributed by atoms with Crippen LogP contribution in [0, 0.1) is 0 Å². The first-order chi connectivity index (χ1) is 9.79. The van der Waals surface area contributed by atoms with Crippen molar-refractivity contribution in [1.29, 1.82) is 0 Å². The summed E-state index contributed by atoms with van der Waals surface area (Å²) in [5.41, 5.74) is 1.93. The summed E-state index contributed by atoms with van der Waals surface area (Å²) >= 11 is 1.59. The maximum Gasteiger partial charge on any atom is 0.234 e. The van der Waals surface area contributed by atoms with Gasteiger partial charge in [0.1, 0.15) is 5.75 Å². The molecule has 0 atom stereocenters. The Labute approximate surface area is 123 Å². The molecule has 0 radical (unpaired) electrons. The minimum atomic E-state index is -0.0181. The fraction of sp³-hybridized carbons (Fsp3) is 0.188. The van der Waals surface area contributed by atoms with Gasteiger partial charge in [-0.2, -0.15) is 0 Å². The quantitative estimate of drug-likeness (QED) is 0.882. The summed E-state index contributed by atoms with van der Waals surface area (Å²) in [5.74, 6) is 1.91. The zero-order valence-corrected chi connectivity index (χ0v) is 12.2. The Bertz CT molecular complexity index is 557. The standard InChI is InChI=1S/C16H17NO2S/c1-19-15-10-6-5-9-14(15)17-16(18)12-20-11-13-7-3-2-4-8-13/h2-10H,11-12H2,1H3,(H,17,18). The summed E-state index contributed by atoms with van der Waals surface area (Å²) in [5, 5.41) is 2.86. The molecular weight excluding hydrogens is 270 g/mol. The largest absolute Gasteiger partial charge is 0.495 e. The zero-order chi connectivity index (χ0) is 14.2.